The van der Waals surface area contributed by atoms with Gasteiger partial charge in [-0.05, 0) is 47.8 Å². The van der Waals surface area contributed by atoms with Crippen molar-refractivity contribution in [1.29, 1.82) is 0 Å². The van der Waals surface area contributed by atoms with Crippen molar-refractivity contribution in [2.75, 3.05) is 27.4 Å². The zero-order valence-electron chi connectivity index (χ0n) is 17.4. The first-order chi connectivity index (χ1) is 12.1. The molecule has 0 spiro atoms. The summed E-state index contributed by atoms with van der Waals surface area (Å²) in [6.45, 7) is 17.7. The molecule has 1 heterocycles. The Bertz CT molecular complexity index is 646. The molecule has 1 aliphatic heterocycles. The molecule has 5 heteroatoms. The van der Waals surface area contributed by atoms with Crippen LogP contribution >= 0.6 is 0 Å². The molecule has 0 N–H and O–H groups in total. The van der Waals surface area contributed by atoms with E-state index in [9.17, 15) is 0 Å². The quantitative estimate of drug-likeness (QED) is 0.477. The molecule has 146 valence electrons. The zero-order valence-corrected chi connectivity index (χ0v) is 18.4. The Kier molecular flexibility index (Phi) is 6.59. The molecule has 0 aliphatic carbocycles. The van der Waals surface area contributed by atoms with E-state index < -0.39 is 8.32 Å². The van der Waals surface area contributed by atoms with Gasteiger partial charge in [0.05, 0.1) is 27.4 Å². The molecule has 1 aromatic rings. The van der Waals surface area contributed by atoms with Gasteiger partial charge < -0.3 is 18.6 Å². The van der Waals surface area contributed by atoms with E-state index in [4.69, 9.17) is 18.6 Å². The van der Waals surface area contributed by atoms with Crippen molar-refractivity contribution in [3.05, 3.63) is 35.4 Å². The van der Waals surface area contributed by atoms with Gasteiger partial charge in [0.15, 0.2) is 19.8 Å². The monoisotopic (exact) mass is 378 g/mol. The summed E-state index contributed by atoms with van der Waals surface area (Å²) in [5, 5.41) is 0.221. The van der Waals surface area contributed by atoms with Crippen LogP contribution in [0.25, 0.3) is 0 Å². The molecule has 0 saturated carbocycles. The van der Waals surface area contributed by atoms with Crippen molar-refractivity contribution < 1.29 is 18.6 Å². The Morgan fingerprint density at radius 1 is 1.19 bits per heavy atom. The van der Waals surface area contributed by atoms with E-state index in [1.54, 1.807) is 14.2 Å². The SMILES string of the molecule is C=C(CCO[Si](C)(C)C(C)(C)C)C1COCc2cc(OC)c(OC)cc21. The highest BCUT2D eigenvalue weighted by Crippen LogP contribution is 2.40. The van der Waals surface area contributed by atoms with Crippen molar-refractivity contribution in [1.82, 2.24) is 0 Å². The van der Waals surface area contributed by atoms with Crippen molar-refractivity contribution in [3.8, 4) is 11.5 Å². The van der Waals surface area contributed by atoms with E-state index in [1.807, 2.05) is 6.07 Å². The van der Waals surface area contributed by atoms with E-state index >= 15 is 0 Å². The maximum absolute atomic E-state index is 6.32. The normalized spacial score (nSPS) is 17.6. The van der Waals surface area contributed by atoms with E-state index in [2.05, 4.69) is 46.5 Å². The maximum atomic E-state index is 6.32. The van der Waals surface area contributed by atoms with Crippen LogP contribution in [0.1, 0.15) is 44.2 Å². The van der Waals surface area contributed by atoms with Crippen molar-refractivity contribution in [2.24, 2.45) is 0 Å². The summed E-state index contributed by atoms with van der Waals surface area (Å²) in [6, 6.07) is 4.08. The molecule has 4 nitrogen and oxygen atoms in total. The summed E-state index contributed by atoms with van der Waals surface area (Å²) in [5.74, 6) is 1.66. The molecule has 1 atom stereocenters. The third kappa shape index (κ3) is 4.51. The van der Waals surface area contributed by atoms with Gasteiger partial charge in [-0.15, -0.1) is 0 Å². The van der Waals surface area contributed by atoms with E-state index in [-0.39, 0.29) is 11.0 Å². The fourth-order valence-corrected chi connectivity index (χ4v) is 3.97. The molecular weight excluding hydrogens is 344 g/mol. The highest BCUT2D eigenvalue weighted by atomic mass is 28.4. The Morgan fingerprint density at radius 2 is 1.81 bits per heavy atom. The van der Waals surface area contributed by atoms with Crippen LogP contribution in [0.15, 0.2) is 24.3 Å². The second-order valence-corrected chi connectivity index (χ2v) is 13.3. The largest absolute Gasteiger partial charge is 0.493 e. The van der Waals surface area contributed by atoms with E-state index in [0.717, 1.165) is 29.1 Å². The molecule has 0 bridgehead atoms. The minimum absolute atomic E-state index is 0.168. The average Bonchev–Trinajstić information content (AvgIpc) is 2.58. The van der Waals surface area contributed by atoms with Gasteiger partial charge in [-0.1, -0.05) is 32.9 Å². The molecular formula is C21H34O4Si. The smallest absolute Gasteiger partial charge is 0.191 e. The number of methoxy groups -OCH3 is 2. The summed E-state index contributed by atoms with van der Waals surface area (Å²) in [5.41, 5.74) is 3.52. The molecule has 0 aromatic heterocycles. The predicted molar refractivity (Wildman–Crippen MR) is 109 cm³/mol. The van der Waals surface area contributed by atoms with Gasteiger partial charge in [0.1, 0.15) is 0 Å². The van der Waals surface area contributed by atoms with Crippen molar-refractivity contribution >= 4 is 8.32 Å². The number of ether oxygens (including phenoxy) is 3. The van der Waals surface area contributed by atoms with Crippen LogP contribution < -0.4 is 9.47 Å². The standard InChI is InChI=1S/C21H34O4Si/c1-15(9-10-25-26(7,8)21(2,3)4)18-14-24-13-16-11-19(22-5)20(23-6)12-17(16)18/h11-12,18H,1,9-10,13-14H2,2-8H3. The minimum atomic E-state index is -1.73. The van der Waals surface area contributed by atoms with Gasteiger partial charge in [-0.2, -0.15) is 0 Å². The third-order valence-corrected chi connectivity index (χ3v) is 10.3. The van der Waals surface area contributed by atoms with Gasteiger partial charge in [0.25, 0.3) is 0 Å². The van der Waals surface area contributed by atoms with Gasteiger partial charge >= 0.3 is 0 Å². The number of rotatable bonds is 7. The molecule has 1 unspecified atom stereocenters. The highest BCUT2D eigenvalue weighted by molar-refractivity contribution is 6.74. The van der Waals surface area contributed by atoms with Crippen molar-refractivity contribution in [2.45, 2.75) is 57.8 Å². The predicted octanol–water partition coefficient (Wildman–Crippen LogP) is 5.29. The Labute approximate surface area is 159 Å². The lowest BCUT2D eigenvalue weighted by Crippen LogP contribution is -2.41. The fourth-order valence-electron chi connectivity index (χ4n) is 2.93. The fraction of sp³-hybridized carbons (Fsp3) is 0.619. The molecule has 0 fully saturated rings. The van der Waals surface area contributed by atoms with Crippen LogP contribution in [0, 0.1) is 0 Å². The summed E-state index contributed by atoms with van der Waals surface area (Å²) in [4.78, 5) is 0. The molecule has 0 radical (unpaired) electrons. The Hall–Kier alpha value is -1.30. The van der Waals surface area contributed by atoms with Gasteiger partial charge in [-0.3, -0.25) is 0 Å². The van der Waals surface area contributed by atoms with Gasteiger partial charge in [0, 0.05) is 12.5 Å². The van der Waals surface area contributed by atoms with E-state index in [0.29, 0.717) is 19.8 Å². The molecule has 0 amide bonds. The second kappa shape index (κ2) is 8.15. The number of hydrogen-bond acceptors (Lipinski definition) is 4. The molecule has 1 aromatic carbocycles. The Balaban J connectivity index is 2.10. The number of benzene rings is 1. The van der Waals surface area contributed by atoms with E-state index in [1.165, 1.54) is 5.56 Å². The molecule has 0 saturated heterocycles. The first kappa shape index (κ1) is 21.0. The van der Waals surface area contributed by atoms with Crippen molar-refractivity contribution in [3.63, 3.8) is 0 Å². The topological polar surface area (TPSA) is 36.9 Å². The first-order valence-corrected chi connectivity index (χ1v) is 12.2. The highest BCUT2D eigenvalue weighted by Gasteiger charge is 2.37. The second-order valence-electron chi connectivity index (χ2n) is 8.49. The lowest BCUT2D eigenvalue weighted by atomic mass is 9.86. The first-order valence-electron chi connectivity index (χ1n) is 9.25. The van der Waals surface area contributed by atoms with Crippen LogP contribution in [0.3, 0.4) is 0 Å². The van der Waals surface area contributed by atoms with Crippen LogP contribution in [0.5, 0.6) is 11.5 Å². The molecule has 26 heavy (non-hydrogen) atoms. The molecule has 1 aliphatic rings. The van der Waals surface area contributed by atoms with Crippen LogP contribution in [0.2, 0.25) is 18.1 Å². The summed E-state index contributed by atoms with van der Waals surface area (Å²) >= 11 is 0. The summed E-state index contributed by atoms with van der Waals surface area (Å²) in [7, 11) is 1.59. The lowest BCUT2D eigenvalue weighted by molar-refractivity contribution is 0.0969. The maximum Gasteiger partial charge on any atom is 0.191 e. The lowest BCUT2D eigenvalue weighted by Gasteiger charge is -2.36. The summed E-state index contributed by atoms with van der Waals surface area (Å²) in [6.07, 6.45) is 0.842. The third-order valence-electron chi connectivity index (χ3n) is 5.75. The minimum Gasteiger partial charge on any atom is -0.493 e. The van der Waals surface area contributed by atoms with Crippen LogP contribution in [-0.4, -0.2) is 35.8 Å². The Morgan fingerprint density at radius 3 is 2.38 bits per heavy atom. The number of fused-ring (bicyclic) bond motifs is 1. The van der Waals surface area contributed by atoms with Crippen LogP contribution in [-0.2, 0) is 15.8 Å². The van der Waals surface area contributed by atoms with Crippen LogP contribution in [0.4, 0.5) is 0 Å². The van der Waals surface area contributed by atoms with Gasteiger partial charge in [0.2, 0.25) is 0 Å². The zero-order chi connectivity index (χ0) is 19.5. The molecule has 2 rings (SSSR count). The summed E-state index contributed by atoms with van der Waals surface area (Å²) < 4.78 is 23.0. The van der Waals surface area contributed by atoms with Gasteiger partial charge in [-0.25, -0.2) is 0 Å². The average molecular weight is 379 g/mol. The number of hydrogen-bond donors (Lipinski definition) is 0.